The number of carbonyl (C=O) groups excluding carboxylic acids is 1. The van der Waals surface area contributed by atoms with E-state index in [1.165, 1.54) is 25.5 Å². The molecular formula is C15H19N3O3. The molecule has 4 rings (SSSR count). The molecule has 1 aliphatic carbocycles. The highest BCUT2D eigenvalue weighted by molar-refractivity contribution is 5.93. The molecule has 1 aromatic rings. The van der Waals surface area contributed by atoms with Crippen LogP contribution in [0.2, 0.25) is 0 Å². The molecule has 0 radical (unpaired) electrons. The molecule has 2 fully saturated rings. The largest absolute Gasteiger partial charge is 0.373 e. The van der Waals surface area contributed by atoms with Crippen molar-refractivity contribution < 1.29 is 14.7 Å². The van der Waals surface area contributed by atoms with Crippen molar-refractivity contribution in [1.29, 1.82) is 0 Å². The van der Waals surface area contributed by atoms with Gasteiger partial charge in [0.1, 0.15) is 0 Å². The van der Waals surface area contributed by atoms with Crippen molar-refractivity contribution >= 4 is 5.91 Å². The summed E-state index contributed by atoms with van der Waals surface area (Å²) in [5.74, 6) is -0.506. The number of fused-ring (bicyclic) bond motifs is 1. The Morgan fingerprint density at radius 3 is 3.00 bits per heavy atom. The maximum Gasteiger partial charge on any atom is 0.276 e. The number of nitrogens with zero attached hydrogens (tertiary/aromatic N) is 2. The van der Waals surface area contributed by atoms with Crippen LogP contribution < -0.4 is 5.48 Å². The van der Waals surface area contributed by atoms with Gasteiger partial charge in [0.15, 0.2) is 0 Å². The first kappa shape index (κ1) is 13.2. The number of amides is 1. The zero-order valence-corrected chi connectivity index (χ0v) is 11.8. The third kappa shape index (κ3) is 1.97. The number of rotatable bonds is 2. The molecule has 3 heterocycles. The summed E-state index contributed by atoms with van der Waals surface area (Å²) in [7, 11) is 0. The molecule has 2 N–H and O–H groups in total. The van der Waals surface area contributed by atoms with Gasteiger partial charge in [-0.3, -0.25) is 19.9 Å². The molecule has 2 atom stereocenters. The third-order valence-electron chi connectivity index (χ3n) is 5.25. The van der Waals surface area contributed by atoms with E-state index >= 15 is 0 Å². The summed E-state index contributed by atoms with van der Waals surface area (Å²) in [6, 6.07) is 2.36. The van der Waals surface area contributed by atoms with E-state index in [1.54, 1.807) is 5.48 Å². The molecule has 6 nitrogen and oxygen atoms in total. The van der Waals surface area contributed by atoms with Crippen molar-refractivity contribution in [1.82, 2.24) is 15.4 Å². The Morgan fingerprint density at radius 1 is 1.52 bits per heavy atom. The number of nitrogens with one attached hydrogen (secondary N) is 1. The molecule has 1 saturated heterocycles. The molecule has 1 amide bonds. The normalized spacial score (nSPS) is 31.2. The number of hydrogen-bond donors (Lipinski definition) is 2. The number of hydroxylamine groups is 1. The van der Waals surface area contributed by atoms with E-state index < -0.39 is 5.91 Å². The lowest BCUT2D eigenvalue weighted by atomic mass is 9.68. The molecule has 6 heteroatoms. The number of hydrogen-bond acceptors (Lipinski definition) is 5. The molecule has 0 bridgehead atoms. The quantitative estimate of drug-likeness (QED) is 0.624. The van der Waals surface area contributed by atoms with Crippen molar-refractivity contribution in [2.24, 2.45) is 0 Å². The van der Waals surface area contributed by atoms with Crippen LogP contribution in [0.1, 0.15) is 40.9 Å². The Hall–Kier alpha value is -1.50. The van der Waals surface area contributed by atoms with Crippen LogP contribution in [-0.4, -0.2) is 45.8 Å². The van der Waals surface area contributed by atoms with E-state index in [0.717, 1.165) is 37.4 Å². The van der Waals surface area contributed by atoms with Crippen LogP contribution in [0.4, 0.5) is 0 Å². The van der Waals surface area contributed by atoms with Gasteiger partial charge in [0, 0.05) is 31.7 Å². The maximum atomic E-state index is 11.4. The Bertz CT molecular complexity index is 580. The lowest BCUT2D eigenvalue weighted by molar-refractivity contribution is -0.237. The Kier molecular flexibility index (Phi) is 2.99. The highest BCUT2D eigenvalue weighted by Crippen LogP contribution is 2.48. The number of carbonyl (C=O) groups is 1. The van der Waals surface area contributed by atoms with Crippen molar-refractivity contribution in [3.05, 3.63) is 29.1 Å². The predicted octanol–water partition coefficient (Wildman–Crippen LogP) is 0.880. The van der Waals surface area contributed by atoms with Gasteiger partial charge in [0.25, 0.3) is 5.91 Å². The van der Waals surface area contributed by atoms with Gasteiger partial charge >= 0.3 is 0 Å². The van der Waals surface area contributed by atoms with Crippen LogP contribution in [0.25, 0.3) is 0 Å². The number of pyridine rings is 1. The number of ether oxygens (including phenoxy) is 1. The summed E-state index contributed by atoms with van der Waals surface area (Å²) >= 11 is 0. The average molecular weight is 289 g/mol. The van der Waals surface area contributed by atoms with Crippen LogP contribution in [-0.2, 0) is 17.7 Å². The molecule has 1 saturated carbocycles. The zero-order chi connectivity index (χ0) is 14.4. The SMILES string of the molecule is O=C(NO)c1cnc2c(c1)CCN(C1CCC13CCO3)C2. The van der Waals surface area contributed by atoms with Gasteiger partial charge in [-0.1, -0.05) is 0 Å². The van der Waals surface area contributed by atoms with E-state index in [4.69, 9.17) is 9.94 Å². The van der Waals surface area contributed by atoms with Crippen molar-refractivity contribution in [3.8, 4) is 0 Å². The fourth-order valence-corrected chi connectivity index (χ4v) is 3.82. The summed E-state index contributed by atoms with van der Waals surface area (Å²) < 4.78 is 5.83. The second-order valence-electron chi connectivity index (χ2n) is 6.21. The van der Waals surface area contributed by atoms with Gasteiger partial charge in [0.05, 0.1) is 23.5 Å². The maximum absolute atomic E-state index is 11.4. The fourth-order valence-electron chi connectivity index (χ4n) is 3.82. The van der Waals surface area contributed by atoms with Crippen molar-refractivity contribution in [2.45, 2.75) is 43.9 Å². The van der Waals surface area contributed by atoms with Crippen LogP contribution in [0.5, 0.6) is 0 Å². The molecular weight excluding hydrogens is 270 g/mol. The molecule has 2 unspecified atom stereocenters. The van der Waals surface area contributed by atoms with E-state index in [9.17, 15) is 4.79 Å². The Labute approximate surface area is 123 Å². The standard InChI is InChI=1S/C15H19N3O3/c19-14(17-20)11-7-10-2-5-18(9-12(10)16-8-11)13-1-3-15(13)4-6-21-15/h7-8,13,20H,1-6,9H2,(H,17,19). The van der Waals surface area contributed by atoms with Crippen molar-refractivity contribution in [3.63, 3.8) is 0 Å². The predicted molar refractivity (Wildman–Crippen MR) is 73.9 cm³/mol. The van der Waals surface area contributed by atoms with Crippen LogP contribution >= 0.6 is 0 Å². The smallest absolute Gasteiger partial charge is 0.276 e. The summed E-state index contributed by atoms with van der Waals surface area (Å²) in [6.07, 6.45) is 6.00. The minimum Gasteiger partial charge on any atom is -0.373 e. The molecule has 1 aromatic heterocycles. The number of aromatic nitrogens is 1. The molecule has 2 aliphatic heterocycles. The Morgan fingerprint density at radius 2 is 2.38 bits per heavy atom. The molecule has 0 aromatic carbocycles. The third-order valence-corrected chi connectivity index (χ3v) is 5.25. The molecule has 1 spiro atoms. The van der Waals surface area contributed by atoms with Crippen LogP contribution in [0.15, 0.2) is 12.3 Å². The minimum absolute atomic E-state index is 0.133. The van der Waals surface area contributed by atoms with Crippen LogP contribution in [0.3, 0.4) is 0 Å². The monoisotopic (exact) mass is 289 g/mol. The summed E-state index contributed by atoms with van der Waals surface area (Å²) in [5.41, 5.74) is 4.34. The van der Waals surface area contributed by atoms with E-state index in [2.05, 4.69) is 9.88 Å². The van der Waals surface area contributed by atoms with Crippen molar-refractivity contribution in [2.75, 3.05) is 13.2 Å². The molecule has 3 aliphatic rings. The van der Waals surface area contributed by atoms with Gasteiger partial charge in [-0.15, -0.1) is 0 Å². The van der Waals surface area contributed by atoms with E-state index in [-0.39, 0.29) is 5.60 Å². The lowest BCUT2D eigenvalue weighted by Crippen LogP contribution is -2.67. The first-order valence-corrected chi connectivity index (χ1v) is 7.52. The van der Waals surface area contributed by atoms with Gasteiger partial charge < -0.3 is 4.74 Å². The molecule has 21 heavy (non-hydrogen) atoms. The van der Waals surface area contributed by atoms with Crippen LogP contribution in [0, 0.1) is 0 Å². The van der Waals surface area contributed by atoms with Gasteiger partial charge in [-0.05, 0) is 30.9 Å². The Balaban J connectivity index is 1.52. The second kappa shape index (κ2) is 4.76. The highest BCUT2D eigenvalue weighted by atomic mass is 16.5. The summed E-state index contributed by atoms with van der Waals surface area (Å²) in [4.78, 5) is 18.3. The second-order valence-corrected chi connectivity index (χ2v) is 6.21. The first-order valence-electron chi connectivity index (χ1n) is 7.52. The fraction of sp³-hybridized carbons (Fsp3) is 0.600. The van der Waals surface area contributed by atoms with Gasteiger partial charge in [0.2, 0.25) is 0 Å². The first-order chi connectivity index (χ1) is 10.2. The average Bonchev–Trinajstić information content (AvgIpc) is 2.43. The zero-order valence-electron chi connectivity index (χ0n) is 11.8. The summed E-state index contributed by atoms with van der Waals surface area (Å²) in [6.45, 7) is 2.71. The topological polar surface area (TPSA) is 74.7 Å². The molecule has 112 valence electrons. The van der Waals surface area contributed by atoms with Gasteiger partial charge in [-0.25, -0.2) is 5.48 Å². The van der Waals surface area contributed by atoms with E-state index in [0.29, 0.717) is 11.6 Å². The van der Waals surface area contributed by atoms with E-state index in [1.807, 2.05) is 6.07 Å². The highest BCUT2D eigenvalue weighted by Gasteiger charge is 2.54. The minimum atomic E-state index is -0.506. The summed E-state index contributed by atoms with van der Waals surface area (Å²) in [5, 5.41) is 8.69. The van der Waals surface area contributed by atoms with Gasteiger partial charge in [-0.2, -0.15) is 0 Å². The lowest BCUT2D eigenvalue weighted by Gasteiger charge is -2.59.